The van der Waals surface area contributed by atoms with Crippen LogP contribution < -0.4 is 0 Å². The Morgan fingerprint density at radius 2 is 2.00 bits per heavy atom. The summed E-state index contributed by atoms with van der Waals surface area (Å²) >= 11 is 0. The van der Waals surface area contributed by atoms with Gasteiger partial charge in [0.2, 0.25) is 0 Å². The van der Waals surface area contributed by atoms with E-state index in [2.05, 4.69) is 4.98 Å². The van der Waals surface area contributed by atoms with Gasteiger partial charge in [0.15, 0.2) is 0 Å². The zero-order valence-corrected chi connectivity index (χ0v) is 12.6. The molecule has 0 bridgehead atoms. The first-order chi connectivity index (χ1) is 5.08. The molecule has 0 spiro atoms. The number of pyridine rings is 1. The maximum absolute atomic E-state index is 10.5. The van der Waals surface area contributed by atoms with Crippen molar-refractivity contribution in [2.24, 2.45) is 0 Å². The first-order valence-corrected chi connectivity index (χ1v) is 4.81. The molecule has 0 amide bonds. The van der Waals surface area contributed by atoms with Crippen molar-refractivity contribution in [3.05, 3.63) is 30.1 Å². The van der Waals surface area contributed by atoms with Gasteiger partial charge in [0, 0.05) is 71.5 Å². The van der Waals surface area contributed by atoms with Gasteiger partial charge in [0.25, 0.3) is 0 Å². The van der Waals surface area contributed by atoms with E-state index in [0.29, 0.717) is 5.56 Å². The third kappa shape index (κ3) is 8.30. The Hall–Kier alpha value is 1.30. The van der Waals surface area contributed by atoms with E-state index in [0.717, 1.165) is 0 Å². The van der Waals surface area contributed by atoms with Gasteiger partial charge in [0.05, 0.1) is 6.16 Å². The monoisotopic (exact) mass is 219 g/mol. The molecule has 4 nitrogen and oxygen atoms in total. The first kappa shape index (κ1) is 16.7. The van der Waals surface area contributed by atoms with Gasteiger partial charge in [0.1, 0.15) is 0 Å². The van der Waals surface area contributed by atoms with E-state index in [4.69, 9.17) is 9.79 Å². The summed E-state index contributed by atoms with van der Waals surface area (Å²) in [5.74, 6) is 0. The van der Waals surface area contributed by atoms with E-state index in [1.165, 1.54) is 6.20 Å². The van der Waals surface area contributed by atoms with Crippen LogP contribution in [0.2, 0.25) is 0 Å². The van der Waals surface area contributed by atoms with E-state index in [1.807, 2.05) is 0 Å². The third-order valence-electron chi connectivity index (χ3n) is 1.11. The molecule has 2 N–H and O–H groups in total. The molecule has 0 aliphatic heterocycles. The van der Waals surface area contributed by atoms with Crippen LogP contribution in [0.3, 0.4) is 0 Å². The van der Waals surface area contributed by atoms with Crippen molar-refractivity contribution in [1.82, 2.24) is 4.98 Å². The van der Waals surface area contributed by atoms with Gasteiger partial charge in [-0.1, -0.05) is 6.07 Å². The molecule has 7 heteroatoms. The largest absolute Gasteiger partial charge is 0.329 e. The van der Waals surface area contributed by atoms with Crippen molar-refractivity contribution >= 4 is 66.7 Å². The fourth-order valence-electron chi connectivity index (χ4n) is 0.729. The summed E-state index contributed by atoms with van der Waals surface area (Å²) in [5.41, 5.74) is 0.556. The molecule has 0 unspecified atom stereocenters. The SMILES string of the molecule is O=P(O)(O)Cc1cccnc1.[Na].[Na]. The van der Waals surface area contributed by atoms with Gasteiger partial charge in [-0.3, -0.25) is 9.55 Å². The van der Waals surface area contributed by atoms with Crippen molar-refractivity contribution in [1.29, 1.82) is 0 Å². The molecule has 2 radical (unpaired) electrons. The summed E-state index contributed by atoms with van der Waals surface area (Å²) in [4.78, 5) is 20.8. The molecule has 1 heterocycles. The smallest absolute Gasteiger partial charge is 0.324 e. The minimum absolute atomic E-state index is 0. The van der Waals surface area contributed by atoms with Gasteiger partial charge in [-0.25, -0.2) is 0 Å². The van der Waals surface area contributed by atoms with E-state index < -0.39 is 7.60 Å². The zero-order valence-electron chi connectivity index (χ0n) is 7.71. The van der Waals surface area contributed by atoms with Gasteiger partial charge < -0.3 is 9.79 Å². The van der Waals surface area contributed by atoms with E-state index >= 15 is 0 Å². The Kier molecular flexibility index (Phi) is 9.74. The van der Waals surface area contributed by atoms with Crippen molar-refractivity contribution in [2.75, 3.05) is 0 Å². The summed E-state index contributed by atoms with van der Waals surface area (Å²) in [6.07, 6.45) is 2.77. The van der Waals surface area contributed by atoms with Crippen molar-refractivity contribution < 1.29 is 14.4 Å². The van der Waals surface area contributed by atoms with Crippen LogP contribution in [0.25, 0.3) is 0 Å². The number of hydrogen-bond acceptors (Lipinski definition) is 2. The molecular formula is C6H8NNa2O3P. The molecule has 1 aromatic heterocycles. The molecule has 0 fully saturated rings. The molecule has 62 valence electrons. The van der Waals surface area contributed by atoms with Gasteiger partial charge in [-0.2, -0.15) is 0 Å². The summed E-state index contributed by atoms with van der Waals surface area (Å²) in [6, 6.07) is 3.27. The number of hydrogen-bond donors (Lipinski definition) is 2. The minimum Gasteiger partial charge on any atom is -0.324 e. The standard InChI is InChI=1S/C6H8NO3P.2Na/c8-11(9,10)5-6-2-1-3-7-4-6;;/h1-4H,5H2,(H2,8,9,10);;. The quantitative estimate of drug-likeness (QED) is 0.542. The minimum atomic E-state index is -3.93. The summed E-state index contributed by atoms with van der Waals surface area (Å²) in [6.45, 7) is 0. The average molecular weight is 219 g/mol. The summed E-state index contributed by atoms with van der Waals surface area (Å²) in [7, 11) is -3.93. The van der Waals surface area contributed by atoms with E-state index in [1.54, 1.807) is 18.3 Å². The molecule has 0 atom stereocenters. The van der Waals surface area contributed by atoms with Gasteiger partial charge in [-0.15, -0.1) is 0 Å². The van der Waals surface area contributed by atoms with E-state index in [-0.39, 0.29) is 65.3 Å². The van der Waals surface area contributed by atoms with Crippen LogP contribution in [-0.2, 0) is 10.7 Å². The van der Waals surface area contributed by atoms with E-state index in [9.17, 15) is 4.57 Å². The molecule has 0 saturated carbocycles. The molecule has 0 saturated heterocycles. The molecule has 0 aliphatic rings. The van der Waals surface area contributed by atoms with Gasteiger partial charge >= 0.3 is 7.60 Å². The predicted octanol–water partition coefficient (Wildman–Crippen LogP) is -0.00230. The maximum atomic E-state index is 10.5. The molecule has 0 aliphatic carbocycles. The summed E-state index contributed by atoms with van der Waals surface area (Å²) < 4.78 is 10.5. The number of aromatic nitrogens is 1. The van der Waals surface area contributed by atoms with Gasteiger partial charge in [-0.05, 0) is 11.6 Å². The predicted molar refractivity (Wildman–Crippen MR) is 51.5 cm³/mol. The Bertz CT molecular complexity index is 276. The van der Waals surface area contributed by atoms with Crippen LogP contribution >= 0.6 is 7.60 Å². The number of nitrogens with zero attached hydrogens (tertiary/aromatic N) is 1. The van der Waals surface area contributed by atoms with Crippen LogP contribution in [0.4, 0.5) is 0 Å². The first-order valence-electron chi connectivity index (χ1n) is 3.01. The number of rotatable bonds is 2. The Labute approximate surface area is 121 Å². The topological polar surface area (TPSA) is 70.4 Å². The molecule has 1 rings (SSSR count). The van der Waals surface area contributed by atoms with Crippen molar-refractivity contribution in [3.8, 4) is 0 Å². The van der Waals surface area contributed by atoms with Crippen molar-refractivity contribution in [3.63, 3.8) is 0 Å². The molecule has 1 aromatic rings. The second-order valence-corrected chi connectivity index (χ2v) is 3.83. The molecular weight excluding hydrogens is 211 g/mol. The van der Waals surface area contributed by atoms with Crippen molar-refractivity contribution in [2.45, 2.75) is 6.16 Å². The fraction of sp³-hybridized carbons (Fsp3) is 0.167. The van der Waals surface area contributed by atoms with Crippen LogP contribution in [0.15, 0.2) is 24.5 Å². The second kappa shape index (κ2) is 7.57. The Morgan fingerprint density at radius 3 is 2.38 bits per heavy atom. The van der Waals surface area contributed by atoms with Crippen LogP contribution in [0.1, 0.15) is 5.56 Å². The van der Waals surface area contributed by atoms with Crippen LogP contribution in [-0.4, -0.2) is 73.9 Å². The summed E-state index contributed by atoms with van der Waals surface area (Å²) in [5, 5.41) is 0. The Morgan fingerprint density at radius 1 is 1.38 bits per heavy atom. The average Bonchev–Trinajstić information content (AvgIpc) is 1.85. The second-order valence-electron chi connectivity index (χ2n) is 2.18. The Balaban J connectivity index is 0. The maximum Gasteiger partial charge on any atom is 0.329 e. The third-order valence-corrected chi connectivity index (χ3v) is 1.89. The zero-order chi connectivity index (χ0) is 8.32. The molecule has 13 heavy (non-hydrogen) atoms. The van der Waals surface area contributed by atoms with Crippen LogP contribution in [0, 0.1) is 0 Å². The molecule has 0 aromatic carbocycles. The van der Waals surface area contributed by atoms with Crippen LogP contribution in [0.5, 0.6) is 0 Å². The fourth-order valence-corrected chi connectivity index (χ4v) is 1.39. The normalized spacial score (nSPS) is 9.69.